The molecule has 0 aromatic carbocycles. The van der Waals surface area contributed by atoms with Crippen molar-refractivity contribution < 1.29 is 4.11 Å². The molecule has 1 heteroatoms. The van der Waals surface area contributed by atoms with Crippen molar-refractivity contribution in [2.24, 2.45) is 0 Å². The van der Waals surface area contributed by atoms with Gasteiger partial charge in [-0.2, -0.15) is 0 Å². The topological polar surface area (TPSA) is 3.24 Å². The highest BCUT2D eigenvalue weighted by molar-refractivity contribution is 4.94. The van der Waals surface area contributed by atoms with E-state index in [2.05, 4.69) is 0 Å². The molecule has 0 N–H and O–H groups in total. The van der Waals surface area contributed by atoms with E-state index in [0.29, 0.717) is 0 Å². The van der Waals surface area contributed by atoms with Gasteiger partial charge < -0.3 is 0 Å². The van der Waals surface area contributed by atoms with Gasteiger partial charge in [-0.25, -0.2) is 0 Å². The third kappa shape index (κ3) is 1.58. The summed E-state index contributed by atoms with van der Waals surface area (Å²) in [6.07, 6.45) is 3.05. The lowest BCUT2D eigenvalue weighted by atomic mass is 9.80. The highest BCUT2D eigenvalue weighted by Crippen LogP contribution is 2.36. The summed E-state index contributed by atoms with van der Waals surface area (Å²) < 4.78 is 22.8. The van der Waals surface area contributed by atoms with Crippen molar-refractivity contribution in [3.8, 4) is 0 Å². The summed E-state index contributed by atoms with van der Waals surface area (Å²) in [5.41, 5.74) is -0.431. The predicted molar refractivity (Wildman–Crippen MR) is 49.8 cm³/mol. The first-order chi connectivity index (χ1) is 6.07. The molecule has 11 heavy (non-hydrogen) atoms. The molecule has 0 amide bonds. The van der Waals surface area contributed by atoms with Gasteiger partial charge in [0, 0.05) is 15.2 Å². The number of nitrogens with zero attached hydrogens (tertiary/aromatic N) is 1. The van der Waals surface area contributed by atoms with Gasteiger partial charge in [0.05, 0.1) is 0 Å². The molecule has 0 spiro atoms. The van der Waals surface area contributed by atoms with E-state index in [4.69, 9.17) is 4.11 Å². The van der Waals surface area contributed by atoms with E-state index in [1.54, 1.807) is 4.90 Å². The second kappa shape index (κ2) is 2.48. The zero-order valence-electron chi connectivity index (χ0n) is 11.1. The monoisotopic (exact) mass is 158 g/mol. The lowest BCUT2D eigenvalue weighted by molar-refractivity contribution is -0.00199. The number of piperidine rings is 1. The van der Waals surface area contributed by atoms with Crippen molar-refractivity contribution in [2.45, 2.75) is 58.0 Å². The van der Waals surface area contributed by atoms with Crippen LogP contribution in [0, 0.1) is 0 Å². The van der Waals surface area contributed by atoms with Crippen LogP contribution in [0.1, 0.15) is 51.1 Å². The van der Waals surface area contributed by atoms with Gasteiger partial charge in [-0.3, -0.25) is 4.90 Å². The Morgan fingerprint density at radius 2 is 1.55 bits per heavy atom. The van der Waals surface area contributed by atoms with E-state index in [0.717, 1.165) is 19.3 Å². The maximum atomic E-state index is 7.60. The summed E-state index contributed by atoms with van der Waals surface area (Å²) in [7, 11) is 0. The molecule has 0 saturated carbocycles. The van der Waals surface area contributed by atoms with Crippen molar-refractivity contribution in [2.75, 3.05) is 6.98 Å². The molecule has 1 saturated heterocycles. The lowest BCUT2D eigenvalue weighted by Gasteiger charge is -2.50. The van der Waals surface area contributed by atoms with Gasteiger partial charge in [-0.05, 0) is 53.9 Å². The lowest BCUT2D eigenvalue weighted by Crippen LogP contribution is -2.56. The minimum atomic E-state index is -1.98. The van der Waals surface area contributed by atoms with Gasteiger partial charge in [0.15, 0.2) is 0 Å². The van der Waals surface area contributed by atoms with Crippen LogP contribution in [-0.2, 0) is 0 Å². The third-order valence-corrected chi connectivity index (χ3v) is 2.79. The maximum absolute atomic E-state index is 7.60. The first-order valence-electron chi connectivity index (χ1n) is 5.88. The van der Waals surface area contributed by atoms with Crippen LogP contribution in [0.3, 0.4) is 0 Å². The number of likely N-dealkylation sites (tertiary alicyclic amines) is 1. The summed E-state index contributed by atoms with van der Waals surface area (Å²) in [5.74, 6) is 0. The van der Waals surface area contributed by atoms with Crippen LogP contribution in [0.5, 0.6) is 0 Å². The summed E-state index contributed by atoms with van der Waals surface area (Å²) in [5, 5.41) is 0. The minimum Gasteiger partial charge on any atom is -0.296 e. The molecular weight excluding hydrogens is 134 g/mol. The SMILES string of the molecule is [2H]C([2H])([2H])N1C(C)(C)CCCC1(C)C. The van der Waals surface area contributed by atoms with Crippen LogP contribution in [0.4, 0.5) is 0 Å². The third-order valence-electron chi connectivity index (χ3n) is 2.79. The van der Waals surface area contributed by atoms with Gasteiger partial charge >= 0.3 is 0 Å². The first-order valence-corrected chi connectivity index (χ1v) is 4.38. The second-order valence-corrected chi connectivity index (χ2v) is 4.81. The van der Waals surface area contributed by atoms with Crippen LogP contribution < -0.4 is 0 Å². The molecule has 1 nitrogen and oxygen atoms in total. The van der Waals surface area contributed by atoms with Gasteiger partial charge in [-0.15, -0.1) is 0 Å². The first kappa shape index (κ1) is 5.58. The van der Waals surface area contributed by atoms with Crippen molar-refractivity contribution in [3.05, 3.63) is 0 Å². The Hall–Kier alpha value is -0.0400. The van der Waals surface area contributed by atoms with Gasteiger partial charge in [0.2, 0.25) is 0 Å². The van der Waals surface area contributed by atoms with E-state index in [9.17, 15) is 0 Å². The minimum absolute atomic E-state index is 0.215. The molecule has 1 rings (SSSR count). The molecule has 1 fully saturated rings. The van der Waals surface area contributed by atoms with Crippen LogP contribution in [-0.4, -0.2) is 23.0 Å². The Morgan fingerprint density at radius 1 is 1.09 bits per heavy atom. The molecular formula is C10H21N. The molecule has 0 bridgehead atoms. The van der Waals surface area contributed by atoms with E-state index in [-0.39, 0.29) is 11.1 Å². The van der Waals surface area contributed by atoms with E-state index < -0.39 is 6.98 Å². The summed E-state index contributed by atoms with van der Waals surface area (Å²) in [4.78, 5) is 1.70. The highest BCUT2D eigenvalue weighted by Gasteiger charge is 2.37. The summed E-state index contributed by atoms with van der Waals surface area (Å²) in [6, 6.07) is 0. The molecule has 66 valence electrons. The standard InChI is InChI=1S/C10H21N/c1-9(2)7-6-8-10(3,4)11(9)5/h6-8H2,1-5H3/i5D3. The fraction of sp³-hybridized carbons (Fsp3) is 1.00. The molecule has 0 aromatic rings. The van der Waals surface area contributed by atoms with Crippen LogP contribution in [0.15, 0.2) is 0 Å². The number of hydrogen-bond donors (Lipinski definition) is 0. The second-order valence-electron chi connectivity index (χ2n) is 4.81. The molecule has 1 aliphatic rings. The summed E-state index contributed by atoms with van der Waals surface area (Å²) in [6.45, 7) is 6.13. The van der Waals surface area contributed by atoms with Crippen LogP contribution in [0.25, 0.3) is 0 Å². The fourth-order valence-electron chi connectivity index (χ4n) is 2.00. The largest absolute Gasteiger partial charge is 0.296 e. The van der Waals surface area contributed by atoms with Gasteiger partial charge in [0.25, 0.3) is 0 Å². The average Bonchev–Trinajstić information content (AvgIpc) is 1.76. The number of rotatable bonds is 0. The maximum Gasteiger partial charge on any atom is 0.0394 e. The Labute approximate surface area is 75.0 Å². The van der Waals surface area contributed by atoms with Crippen molar-refractivity contribution in [1.29, 1.82) is 0 Å². The molecule has 0 aromatic heterocycles. The van der Waals surface area contributed by atoms with Crippen molar-refractivity contribution in [1.82, 2.24) is 4.90 Å². The van der Waals surface area contributed by atoms with Crippen LogP contribution in [0.2, 0.25) is 0 Å². The Bertz CT molecular complexity index is 202. The molecule has 0 unspecified atom stereocenters. The molecule has 1 heterocycles. The average molecular weight is 158 g/mol. The van der Waals surface area contributed by atoms with Gasteiger partial charge in [0.1, 0.15) is 0 Å². The smallest absolute Gasteiger partial charge is 0.0394 e. The van der Waals surface area contributed by atoms with Crippen molar-refractivity contribution >= 4 is 0 Å². The van der Waals surface area contributed by atoms with E-state index >= 15 is 0 Å². The van der Waals surface area contributed by atoms with Crippen molar-refractivity contribution in [3.63, 3.8) is 0 Å². The van der Waals surface area contributed by atoms with E-state index in [1.807, 2.05) is 27.7 Å². The Balaban J connectivity index is 3.04. The Morgan fingerprint density at radius 3 is 1.82 bits per heavy atom. The highest BCUT2D eigenvalue weighted by atomic mass is 15.2. The number of hydrogen-bond acceptors (Lipinski definition) is 1. The Kier molecular flexibility index (Phi) is 1.26. The molecule has 0 aliphatic carbocycles. The van der Waals surface area contributed by atoms with Gasteiger partial charge in [-0.1, -0.05) is 0 Å². The molecule has 1 aliphatic heterocycles. The zero-order valence-corrected chi connectivity index (χ0v) is 8.07. The molecule has 0 radical (unpaired) electrons. The predicted octanol–water partition coefficient (Wildman–Crippen LogP) is 2.66. The van der Waals surface area contributed by atoms with Crippen LogP contribution >= 0.6 is 0 Å². The zero-order chi connectivity index (χ0) is 11.2. The van der Waals surface area contributed by atoms with E-state index in [1.165, 1.54) is 0 Å². The molecule has 0 atom stereocenters. The fourth-order valence-corrected chi connectivity index (χ4v) is 2.00. The quantitative estimate of drug-likeness (QED) is 0.524. The normalized spacial score (nSPS) is 35.5. The summed E-state index contributed by atoms with van der Waals surface area (Å²) >= 11 is 0.